The third kappa shape index (κ3) is 5.61. The monoisotopic (exact) mass is 413 g/mol. The van der Waals surface area contributed by atoms with Crippen LogP contribution in [-0.2, 0) is 9.59 Å². The molecule has 2 rings (SSSR count). The number of carbonyl (C=O) groups is 2. The number of amides is 1. The van der Waals surface area contributed by atoms with Crippen molar-refractivity contribution in [3.8, 4) is 0 Å². The maximum atomic E-state index is 13.6. The van der Waals surface area contributed by atoms with Crippen LogP contribution >= 0.6 is 0 Å². The number of hydrogen-bond donors (Lipinski definition) is 3. The Kier molecular flexibility index (Phi) is 8.00. The van der Waals surface area contributed by atoms with Gasteiger partial charge in [-0.3, -0.25) is 9.69 Å². The zero-order valence-electron chi connectivity index (χ0n) is 16.1. The molecule has 1 amide bonds. The van der Waals surface area contributed by atoms with Gasteiger partial charge in [0.15, 0.2) is 5.03 Å². The lowest BCUT2D eigenvalue weighted by molar-refractivity contribution is -0.485. The highest BCUT2D eigenvalue weighted by Gasteiger charge is 2.38. The topological polar surface area (TPSA) is 165 Å². The fraction of sp³-hybridized carbons (Fsp3) is 0.250. The molecular weight excluding hydrogens is 390 g/mol. The van der Waals surface area contributed by atoms with Gasteiger partial charge >= 0.3 is 5.97 Å². The molecule has 0 radical (unpaired) electrons. The van der Waals surface area contributed by atoms with Crippen LogP contribution in [0.25, 0.3) is 0 Å². The van der Waals surface area contributed by atoms with Crippen molar-refractivity contribution in [1.29, 1.82) is 0 Å². The van der Waals surface area contributed by atoms with Gasteiger partial charge in [0.05, 0.1) is 5.92 Å². The second kappa shape index (κ2) is 10.7. The van der Waals surface area contributed by atoms with Crippen molar-refractivity contribution in [2.24, 2.45) is 16.6 Å². The molecule has 0 saturated heterocycles. The summed E-state index contributed by atoms with van der Waals surface area (Å²) in [7, 11) is 0. The fourth-order valence-corrected chi connectivity index (χ4v) is 3.14. The molecular formula is C20H23N5O5. The molecule has 2 aromatic rings. The Labute approximate surface area is 172 Å². The van der Waals surface area contributed by atoms with Gasteiger partial charge in [0.2, 0.25) is 5.91 Å². The minimum Gasteiger partial charge on any atom is -0.480 e. The van der Waals surface area contributed by atoms with Crippen LogP contribution < -0.4 is 11.5 Å². The molecule has 158 valence electrons. The molecule has 10 heteroatoms. The van der Waals surface area contributed by atoms with E-state index in [-0.39, 0.29) is 19.4 Å². The smallest absolute Gasteiger partial charge is 0.326 e. The zero-order chi connectivity index (χ0) is 22.1. The van der Waals surface area contributed by atoms with Crippen LogP contribution in [0.3, 0.4) is 0 Å². The van der Waals surface area contributed by atoms with Gasteiger partial charge in [-0.25, -0.2) is 14.9 Å². The first-order valence-corrected chi connectivity index (χ1v) is 9.21. The second-order valence-corrected chi connectivity index (χ2v) is 6.44. The van der Waals surface area contributed by atoms with Crippen molar-refractivity contribution in [3.05, 3.63) is 81.9 Å². The maximum Gasteiger partial charge on any atom is 0.326 e. The van der Waals surface area contributed by atoms with E-state index in [2.05, 4.69) is 5.10 Å². The summed E-state index contributed by atoms with van der Waals surface area (Å²) in [6, 6.07) is 15.9. The van der Waals surface area contributed by atoms with E-state index in [0.717, 1.165) is 0 Å². The SMILES string of the molecule is NCCC[C@@H](C(=O)O)N(C(=O)C(c1ccccc1)c1ccccc1)C(N)=N[N+](=O)[O-]. The van der Waals surface area contributed by atoms with E-state index in [0.29, 0.717) is 16.0 Å². The van der Waals surface area contributed by atoms with E-state index in [1.165, 1.54) is 0 Å². The van der Waals surface area contributed by atoms with Gasteiger partial charge in [-0.1, -0.05) is 60.7 Å². The van der Waals surface area contributed by atoms with Crippen molar-refractivity contribution in [2.45, 2.75) is 24.8 Å². The molecule has 2 aromatic carbocycles. The number of rotatable bonds is 9. The van der Waals surface area contributed by atoms with Gasteiger partial charge in [-0.2, -0.15) is 0 Å². The lowest BCUT2D eigenvalue weighted by Crippen LogP contribution is -2.53. The number of aliphatic carboxylic acids is 1. The Morgan fingerprint density at radius 2 is 1.57 bits per heavy atom. The first-order chi connectivity index (χ1) is 14.4. The van der Waals surface area contributed by atoms with Crippen LogP contribution in [0, 0.1) is 10.1 Å². The standard InChI is InChI=1S/C20H23N5O5/c21-13-7-12-16(19(27)28)24(20(22)23-25(29)30)18(26)17(14-8-3-1-4-9-14)15-10-5-2-6-11-15/h1-6,8-11,16-17H,7,12-13,21H2,(H2,22,23)(H,27,28)/t16-/m0/s1. The number of carboxylic acid groups (broad SMARTS) is 1. The summed E-state index contributed by atoms with van der Waals surface area (Å²) in [4.78, 5) is 37.1. The van der Waals surface area contributed by atoms with Crippen LogP contribution in [0.1, 0.15) is 29.9 Å². The highest BCUT2D eigenvalue weighted by molar-refractivity contribution is 6.03. The number of hydrogen-bond acceptors (Lipinski definition) is 5. The third-order valence-electron chi connectivity index (χ3n) is 4.46. The van der Waals surface area contributed by atoms with Crippen molar-refractivity contribution in [2.75, 3.05) is 6.54 Å². The van der Waals surface area contributed by atoms with Crippen molar-refractivity contribution >= 4 is 17.8 Å². The number of nitro groups is 1. The Hall–Kier alpha value is -3.79. The highest BCUT2D eigenvalue weighted by atomic mass is 16.7. The molecule has 0 bridgehead atoms. The quantitative estimate of drug-likeness (QED) is 0.241. The van der Waals surface area contributed by atoms with Crippen LogP contribution in [0.15, 0.2) is 65.8 Å². The zero-order valence-corrected chi connectivity index (χ0v) is 16.1. The van der Waals surface area contributed by atoms with Gasteiger partial charge in [0.25, 0.3) is 5.96 Å². The minimum atomic E-state index is -1.46. The minimum absolute atomic E-state index is 0.0399. The number of nitrogens with zero attached hydrogens (tertiary/aromatic N) is 3. The first-order valence-electron chi connectivity index (χ1n) is 9.21. The molecule has 0 aliphatic heterocycles. The number of guanidine groups is 1. The van der Waals surface area contributed by atoms with Crippen molar-refractivity contribution < 1.29 is 19.7 Å². The van der Waals surface area contributed by atoms with Gasteiger partial charge in [0, 0.05) is 0 Å². The Morgan fingerprint density at radius 1 is 1.07 bits per heavy atom. The summed E-state index contributed by atoms with van der Waals surface area (Å²) in [5.41, 5.74) is 12.4. The lowest BCUT2D eigenvalue weighted by Gasteiger charge is -2.30. The van der Waals surface area contributed by atoms with E-state index in [1.807, 2.05) is 0 Å². The third-order valence-corrected chi connectivity index (χ3v) is 4.46. The largest absolute Gasteiger partial charge is 0.480 e. The Morgan fingerprint density at radius 3 is 1.97 bits per heavy atom. The number of carbonyl (C=O) groups excluding carboxylic acids is 1. The van der Waals surface area contributed by atoms with Crippen molar-refractivity contribution in [3.63, 3.8) is 0 Å². The number of carboxylic acids is 1. The Balaban J connectivity index is 2.62. The molecule has 5 N–H and O–H groups in total. The summed E-state index contributed by atoms with van der Waals surface area (Å²) in [5, 5.41) is 22.5. The van der Waals surface area contributed by atoms with Crippen LogP contribution in [0.5, 0.6) is 0 Å². The summed E-state index contributed by atoms with van der Waals surface area (Å²) in [6.45, 7) is 0.179. The predicted molar refractivity (Wildman–Crippen MR) is 110 cm³/mol. The normalized spacial score (nSPS) is 12.4. The van der Waals surface area contributed by atoms with E-state index >= 15 is 0 Å². The number of benzene rings is 2. The average molecular weight is 413 g/mol. The van der Waals surface area contributed by atoms with Gasteiger partial charge in [-0.05, 0) is 30.5 Å². The van der Waals surface area contributed by atoms with Crippen LogP contribution in [-0.4, -0.2) is 45.5 Å². The maximum absolute atomic E-state index is 13.6. The second-order valence-electron chi connectivity index (χ2n) is 6.44. The van der Waals surface area contributed by atoms with Gasteiger partial charge < -0.3 is 16.6 Å². The molecule has 0 saturated carbocycles. The first kappa shape index (κ1) is 22.5. The van der Waals surface area contributed by atoms with E-state index in [1.54, 1.807) is 60.7 Å². The molecule has 1 atom stereocenters. The predicted octanol–water partition coefficient (Wildman–Crippen LogP) is 1.35. The summed E-state index contributed by atoms with van der Waals surface area (Å²) >= 11 is 0. The molecule has 0 fully saturated rings. The highest BCUT2D eigenvalue weighted by Crippen LogP contribution is 2.28. The van der Waals surface area contributed by atoms with Gasteiger partial charge in [0.1, 0.15) is 11.1 Å². The van der Waals surface area contributed by atoms with Crippen molar-refractivity contribution in [1.82, 2.24) is 4.90 Å². The molecule has 0 aliphatic carbocycles. The molecule has 30 heavy (non-hydrogen) atoms. The van der Waals surface area contributed by atoms with E-state index in [9.17, 15) is 24.8 Å². The summed E-state index contributed by atoms with van der Waals surface area (Å²) < 4.78 is 0. The molecule has 0 heterocycles. The summed E-state index contributed by atoms with van der Waals surface area (Å²) in [5.74, 6) is -3.84. The molecule has 0 aromatic heterocycles. The van der Waals surface area contributed by atoms with Gasteiger partial charge in [-0.15, -0.1) is 0 Å². The number of nitrogens with two attached hydrogens (primary N) is 2. The molecule has 0 unspecified atom stereocenters. The molecule has 0 spiro atoms. The number of hydrazone groups is 1. The lowest BCUT2D eigenvalue weighted by atomic mass is 9.89. The van der Waals surface area contributed by atoms with Crippen LogP contribution in [0.4, 0.5) is 0 Å². The van der Waals surface area contributed by atoms with E-state index < -0.39 is 34.8 Å². The Bertz CT molecular complexity index is 865. The average Bonchev–Trinajstić information content (AvgIpc) is 2.72. The summed E-state index contributed by atoms with van der Waals surface area (Å²) in [6.07, 6.45) is 0.232. The fourth-order valence-electron chi connectivity index (χ4n) is 3.14. The molecule has 10 nitrogen and oxygen atoms in total. The molecule has 0 aliphatic rings. The van der Waals surface area contributed by atoms with Crippen LogP contribution in [0.2, 0.25) is 0 Å². The van der Waals surface area contributed by atoms with E-state index in [4.69, 9.17) is 11.5 Å².